The summed E-state index contributed by atoms with van der Waals surface area (Å²) in [6.07, 6.45) is 0.679. The molecular weight excluding hydrogens is 280 g/mol. The highest BCUT2D eigenvalue weighted by Crippen LogP contribution is 2.28. The lowest BCUT2D eigenvalue weighted by molar-refractivity contribution is 0.0698. The van der Waals surface area contributed by atoms with Gasteiger partial charge in [-0.2, -0.15) is 5.10 Å². The summed E-state index contributed by atoms with van der Waals surface area (Å²) >= 11 is 0. The van der Waals surface area contributed by atoms with Crippen molar-refractivity contribution in [2.45, 2.75) is 13.3 Å². The van der Waals surface area contributed by atoms with E-state index in [1.807, 2.05) is 25.1 Å². The van der Waals surface area contributed by atoms with Crippen LogP contribution >= 0.6 is 0 Å². The summed E-state index contributed by atoms with van der Waals surface area (Å²) < 4.78 is 5.70. The molecule has 0 aliphatic carbocycles. The Bertz CT molecular complexity index is 753. The van der Waals surface area contributed by atoms with Gasteiger partial charge in [0, 0.05) is 12.0 Å². The average Bonchev–Trinajstić information content (AvgIpc) is 2.53. The summed E-state index contributed by atoms with van der Waals surface area (Å²) in [5.41, 5.74) is 6.43. The number of fused-ring (bicyclic) bond motifs is 1. The third-order valence-corrected chi connectivity index (χ3v) is 3.58. The molecule has 22 heavy (non-hydrogen) atoms. The molecule has 5 nitrogen and oxygen atoms in total. The molecule has 0 bridgehead atoms. The number of nitrogens with zero attached hydrogens (tertiary/aromatic N) is 1. The van der Waals surface area contributed by atoms with E-state index in [9.17, 15) is 9.90 Å². The second-order valence-electron chi connectivity index (χ2n) is 5.07. The number of hydrazone groups is 1. The van der Waals surface area contributed by atoms with Gasteiger partial charge >= 0.3 is 5.97 Å². The molecule has 0 aromatic heterocycles. The van der Waals surface area contributed by atoms with Crippen molar-refractivity contribution in [3.63, 3.8) is 0 Å². The summed E-state index contributed by atoms with van der Waals surface area (Å²) in [5.74, 6) is -0.132. The zero-order valence-electron chi connectivity index (χ0n) is 12.2. The molecule has 5 heteroatoms. The van der Waals surface area contributed by atoms with E-state index in [1.165, 1.54) is 0 Å². The summed E-state index contributed by atoms with van der Waals surface area (Å²) in [5, 5.41) is 13.6. The lowest BCUT2D eigenvalue weighted by Gasteiger charge is -2.20. The summed E-state index contributed by atoms with van der Waals surface area (Å²) in [6.45, 7) is 2.56. The van der Waals surface area contributed by atoms with E-state index >= 15 is 0 Å². The minimum absolute atomic E-state index is 0.198. The molecule has 1 heterocycles. The first kappa shape index (κ1) is 14.1. The zero-order valence-corrected chi connectivity index (χ0v) is 12.2. The Morgan fingerprint density at radius 1 is 1.23 bits per heavy atom. The van der Waals surface area contributed by atoms with Crippen molar-refractivity contribution in [3.8, 4) is 5.75 Å². The maximum atomic E-state index is 11.2. The molecule has 0 amide bonds. The van der Waals surface area contributed by atoms with E-state index in [-0.39, 0.29) is 5.56 Å². The number of hydrogen-bond donors (Lipinski definition) is 2. The van der Waals surface area contributed by atoms with Crippen LogP contribution in [0.3, 0.4) is 0 Å². The van der Waals surface area contributed by atoms with Crippen LogP contribution in [0.15, 0.2) is 47.6 Å². The number of aryl methyl sites for hydroxylation is 1. The van der Waals surface area contributed by atoms with Crippen LogP contribution in [0.4, 0.5) is 5.69 Å². The van der Waals surface area contributed by atoms with Crippen molar-refractivity contribution in [1.82, 2.24) is 0 Å². The standard InChI is InChI=1S/C17H16N2O3/c1-11-5-4-7-12-15(9-10-22-16(11)12)19-18-14-8-3-2-6-13(14)17(20)21/h2-8,18H,9-10H2,1H3,(H,20,21). The molecule has 0 unspecified atom stereocenters. The number of carbonyl (C=O) groups is 1. The van der Waals surface area contributed by atoms with Crippen LogP contribution in [0.1, 0.15) is 27.9 Å². The van der Waals surface area contributed by atoms with E-state index in [2.05, 4.69) is 10.5 Å². The lowest BCUT2D eigenvalue weighted by Crippen LogP contribution is -2.18. The Morgan fingerprint density at radius 2 is 2.05 bits per heavy atom. The van der Waals surface area contributed by atoms with Crippen molar-refractivity contribution >= 4 is 17.4 Å². The first-order valence-corrected chi connectivity index (χ1v) is 7.04. The number of anilines is 1. The summed E-state index contributed by atoms with van der Waals surface area (Å²) in [4.78, 5) is 11.2. The van der Waals surface area contributed by atoms with Crippen molar-refractivity contribution in [3.05, 3.63) is 59.2 Å². The third-order valence-electron chi connectivity index (χ3n) is 3.58. The van der Waals surface area contributed by atoms with E-state index in [4.69, 9.17) is 4.74 Å². The lowest BCUT2D eigenvalue weighted by atomic mass is 10.0. The van der Waals surface area contributed by atoms with E-state index < -0.39 is 5.97 Å². The monoisotopic (exact) mass is 296 g/mol. The number of para-hydroxylation sites is 2. The topological polar surface area (TPSA) is 70.9 Å². The summed E-state index contributed by atoms with van der Waals surface area (Å²) in [6, 6.07) is 12.6. The number of hydrogen-bond acceptors (Lipinski definition) is 4. The van der Waals surface area contributed by atoms with Gasteiger partial charge in [-0.3, -0.25) is 5.43 Å². The zero-order chi connectivity index (χ0) is 15.5. The Hall–Kier alpha value is -2.82. The molecule has 0 saturated carbocycles. The fourth-order valence-electron chi connectivity index (χ4n) is 2.47. The minimum Gasteiger partial charge on any atom is -0.492 e. The van der Waals surface area contributed by atoms with E-state index in [0.29, 0.717) is 18.7 Å². The van der Waals surface area contributed by atoms with Crippen LogP contribution in [-0.4, -0.2) is 23.4 Å². The maximum Gasteiger partial charge on any atom is 0.337 e. The van der Waals surface area contributed by atoms with E-state index in [0.717, 1.165) is 22.6 Å². The molecule has 2 aromatic rings. The Labute approximate surface area is 128 Å². The van der Waals surface area contributed by atoms with Crippen molar-refractivity contribution < 1.29 is 14.6 Å². The largest absolute Gasteiger partial charge is 0.492 e. The number of carboxylic acid groups (broad SMARTS) is 1. The van der Waals surface area contributed by atoms with Crippen LogP contribution in [-0.2, 0) is 0 Å². The molecule has 1 aliphatic heterocycles. The predicted octanol–water partition coefficient (Wildman–Crippen LogP) is 3.29. The minimum atomic E-state index is -0.980. The maximum absolute atomic E-state index is 11.2. The molecule has 112 valence electrons. The number of nitrogens with one attached hydrogen (secondary N) is 1. The molecule has 0 saturated heterocycles. The number of rotatable bonds is 3. The number of ether oxygens (including phenoxy) is 1. The van der Waals surface area contributed by atoms with Gasteiger partial charge in [0.15, 0.2) is 0 Å². The van der Waals surface area contributed by atoms with Crippen LogP contribution in [0.25, 0.3) is 0 Å². The molecule has 2 aromatic carbocycles. The van der Waals surface area contributed by atoms with Crippen LogP contribution in [0, 0.1) is 6.92 Å². The normalized spacial score (nSPS) is 15.0. The second-order valence-corrected chi connectivity index (χ2v) is 5.07. The van der Waals surface area contributed by atoms with Gasteiger partial charge in [0.05, 0.1) is 23.6 Å². The highest BCUT2D eigenvalue weighted by molar-refractivity contribution is 6.04. The summed E-state index contributed by atoms with van der Waals surface area (Å²) in [7, 11) is 0. The quantitative estimate of drug-likeness (QED) is 0.853. The van der Waals surface area contributed by atoms with Crippen LogP contribution in [0.2, 0.25) is 0 Å². The van der Waals surface area contributed by atoms with Gasteiger partial charge in [0.25, 0.3) is 0 Å². The molecule has 2 N–H and O–H groups in total. The highest BCUT2D eigenvalue weighted by atomic mass is 16.5. The van der Waals surface area contributed by atoms with Crippen molar-refractivity contribution in [2.24, 2.45) is 5.10 Å². The average molecular weight is 296 g/mol. The molecule has 0 atom stereocenters. The molecule has 1 aliphatic rings. The van der Waals surface area contributed by atoms with Gasteiger partial charge in [-0.05, 0) is 30.7 Å². The molecule has 0 fully saturated rings. The Morgan fingerprint density at radius 3 is 2.86 bits per heavy atom. The van der Waals surface area contributed by atoms with Gasteiger partial charge in [0.2, 0.25) is 0 Å². The van der Waals surface area contributed by atoms with Gasteiger partial charge in [0.1, 0.15) is 5.75 Å². The van der Waals surface area contributed by atoms with Crippen molar-refractivity contribution in [2.75, 3.05) is 12.0 Å². The first-order valence-electron chi connectivity index (χ1n) is 7.04. The van der Waals surface area contributed by atoms with Gasteiger partial charge in [-0.25, -0.2) is 4.79 Å². The third kappa shape index (κ3) is 2.65. The SMILES string of the molecule is Cc1cccc2c1OCCC2=NNc1ccccc1C(=O)O. The van der Waals surface area contributed by atoms with Gasteiger partial charge in [-0.15, -0.1) is 0 Å². The first-order chi connectivity index (χ1) is 10.7. The molecule has 0 spiro atoms. The Balaban J connectivity index is 1.93. The van der Waals surface area contributed by atoms with Crippen LogP contribution in [0.5, 0.6) is 5.75 Å². The molecular formula is C17H16N2O3. The second kappa shape index (κ2) is 5.89. The van der Waals surface area contributed by atoms with Crippen LogP contribution < -0.4 is 10.2 Å². The fourth-order valence-corrected chi connectivity index (χ4v) is 2.47. The fraction of sp³-hybridized carbons (Fsp3) is 0.176. The highest BCUT2D eigenvalue weighted by Gasteiger charge is 2.18. The predicted molar refractivity (Wildman–Crippen MR) is 84.9 cm³/mol. The Kier molecular flexibility index (Phi) is 3.78. The number of benzene rings is 2. The van der Waals surface area contributed by atoms with E-state index in [1.54, 1.807) is 24.3 Å². The molecule has 0 radical (unpaired) electrons. The van der Waals surface area contributed by atoms with Crippen molar-refractivity contribution in [1.29, 1.82) is 0 Å². The number of carboxylic acids is 1. The van der Waals surface area contributed by atoms with Gasteiger partial charge < -0.3 is 9.84 Å². The number of aromatic carboxylic acids is 1. The smallest absolute Gasteiger partial charge is 0.337 e. The molecule has 3 rings (SSSR count). The van der Waals surface area contributed by atoms with Gasteiger partial charge in [-0.1, -0.05) is 24.3 Å².